The molecule has 3 aromatic rings. The molecule has 3 rings (SSSR count). The maximum Gasteiger partial charge on any atom is 0.257 e. The van der Waals surface area contributed by atoms with Gasteiger partial charge in [-0.1, -0.05) is 38.1 Å². The van der Waals surface area contributed by atoms with Crippen LogP contribution >= 0.6 is 11.3 Å². The van der Waals surface area contributed by atoms with Crippen molar-refractivity contribution in [1.29, 1.82) is 0 Å². The van der Waals surface area contributed by atoms with Crippen LogP contribution in [-0.2, 0) is 0 Å². The van der Waals surface area contributed by atoms with Crippen molar-refractivity contribution >= 4 is 22.4 Å². The number of nitrogens with one attached hydrogen (secondary N) is 1. The SMILES string of the molecule is CC[C@H](C)c1ccc(-c2csc(NC(=O)c3ccncc3)n2)cc1. The third kappa shape index (κ3) is 3.68. The number of thiazole rings is 1. The number of hydrogen-bond donors (Lipinski definition) is 1. The number of amides is 1. The van der Waals surface area contributed by atoms with Gasteiger partial charge in [-0.3, -0.25) is 15.1 Å². The molecule has 1 aromatic carbocycles. The van der Waals surface area contributed by atoms with E-state index in [0.717, 1.165) is 17.7 Å². The van der Waals surface area contributed by atoms with Crippen molar-refractivity contribution < 1.29 is 4.79 Å². The van der Waals surface area contributed by atoms with Crippen molar-refractivity contribution in [2.24, 2.45) is 0 Å². The lowest BCUT2D eigenvalue weighted by Gasteiger charge is -2.08. The van der Waals surface area contributed by atoms with E-state index >= 15 is 0 Å². The quantitative estimate of drug-likeness (QED) is 0.715. The Bertz CT molecular complexity index is 812. The molecule has 0 bridgehead atoms. The molecule has 1 amide bonds. The molecule has 4 nitrogen and oxygen atoms in total. The van der Waals surface area contributed by atoms with Gasteiger partial charge in [-0.15, -0.1) is 11.3 Å². The van der Waals surface area contributed by atoms with Crippen molar-refractivity contribution in [3.05, 3.63) is 65.3 Å². The first kappa shape index (κ1) is 16.3. The molecule has 0 unspecified atom stereocenters. The van der Waals surface area contributed by atoms with Crippen LogP contribution in [0.4, 0.5) is 5.13 Å². The van der Waals surface area contributed by atoms with E-state index in [-0.39, 0.29) is 5.91 Å². The summed E-state index contributed by atoms with van der Waals surface area (Å²) in [5.74, 6) is 0.384. The Morgan fingerprint density at radius 3 is 2.54 bits per heavy atom. The van der Waals surface area contributed by atoms with Gasteiger partial charge in [0.2, 0.25) is 0 Å². The average Bonchev–Trinajstić information content (AvgIpc) is 3.10. The Balaban J connectivity index is 1.72. The minimum atomic E-state index is -0.176. The minimum absolute atomic E-state index is 0.176. The summed E-state index contributed by atoms with van der Waals surface area (Å²) in [6.45, 7) is 4.42. The third-order valence-corrected chi connectivity index (χ3v) is 4.81. The van der Waals surface area contributed by atoms with Crippen LogP contribution in [0.1, 0.15) is 42.1 Å². The second-order valence-corrected chi connectivity index (χ2v) is 6.52. The van der Waals surface area contributed by atoms with Crippen molar-refractivity contribution in [1.82, 2.24) is 9.97 Å². The Morgan fingerprint density at radius 2 is 1.88 bits per heavy atom. The van der Waals surface area contributed by atoms with E-state index < -0.39 is 0 Å². The van der Waals surface area contributed by atoms with Gasteiger partial charge in [0.1, 0.15) is 0 Å². The zero-order valence-electron chi connectivity index (χ0n) is 13.7. The monoisotopic (exact) mass is 337 g/mol. The number of nitrogens with zero attached hydrogens (tertiary/aromatic N) is 2. The first-order valence-electron chi connectivity index (χ1n) is 7.94. The summed E-state index contributed by atoms with van der Waals surface area (Å²) in [5.41, 5.74) is 3.84. The highest BCUT2D eigenvalue weighted by atomic mass is 32.1. The van der Waals surface area contributed by atoms with E-state index in [2.05, 4.69) is 53.4 Å². The number of carbonyl (C=O) groups is 1. The average molecular weight is 337 g/mol. The largest absolute Gasteiger partial charge is 0.298 e. The molecule has 0 fully saturated rings. The predicted octanol–water partition coefficient (Wildman–Crippen LogP) is 4.97. The van der Waals surface area contributed by atoms with Gasteiger partial charge < -0.3 is 0 Å². The molecule has 0 spiro atoms. The molecule has 0 radical (unpaired) electrons. The van der Waals surface area contributed by atoms with Crippen LogP contribution in [0.2, 0.25) is 0 Å². The maximum atomic E-state index is 12.1. The van der Waals surface area contributed by atoms with Crippen LogP contribution in [0.25, 0.3) is 11.3 Å². The highest BCUT2D eigenvalue weighted by Crippen LogP contribution is 2.27. The van der Waals surface area contributed by atoms with E-state index in [1.165, 1.54) is 16.9 Å². The van der Waals surface area contributed by atoms with Gasteiger partial charge >= 0.3 is 0 Å². The van der Waals surface area contributed by atoms with Gasteiger partial charge in [-0.25, -0.2) is 4.98 Å². The van der Waals surface area contributed by atoms with Crippen molar-refractivity contribution in [2.75, 3.05) is 5.32 Å². The van der Waals surface area contributed by atoms with E-state index in [9.17, 15) is 4.79 Å². The van der Waals surface area contributed by atoms with Crippen molar-refractivity contribution in [2.45, 2.75) is 26.2 Å². The summed E-state index contributed by atoms with van der Waals surface area (Å²) in [4.78, 5) is 20.6. The van der Waals surface area contributed by atoms with Crippen molar-refractivity contribution in [3.63, 3.8) is 0 Å². The molecule has 2 heterocycles. The van der Waals surface area contributed by atoms with Crippen LogP contribution < -0.4 is 5.32 Å². The lowest BCUT2D eigenvalue weighted by Crippen LogP contribution is -2.11. The van der Waals surface area contributed by atoms with E-state index in [4.69, 9.17) is 0 Å². The molecular formula is C19H19N3OS. The number of rotatable bonds is 5. The summed E-state index contributed by atoms with van der Waals surface area (Å²) in [6, 6.07) is 11.8. The Hall–Kier alpha value is -2.53. The molecule has 1 atom stereocenters. The number of hydrogen-bond acceptors (Lipinski definition) is 4. The topological polar surface area (TPSA) is 54.9 Å². The lowest BCUT2D eigenvalue weighted by molar-refractivity contribution is 0.102. The lowest BCUT2D eigenvalue weighted by atomic mass is 9.97. The molecule has 0 saturated heterocycles. The summed E-state index contributed by atoms with van der Waals surface area (Å²) in [5, 5.41) is 5.38. The number of aromatic nitrogens is 2. The summed E-state index contributed by atoms with van der Waals surface area (Å²) in [7, 11) is 0. The van der Waals surface area contributed by atoms with Crippen LogP contribution in [-0.4, -0.2) is 15.9 Å². The second-order valence-electron chi connectivity index (χ2n) is 5.66. The molecule has 122 valence electrons. The molecule has 0 aliphatic heterocycles. The summed E-state index contributed by atoms with van der Waals surface area (Å²) < 4.78 is 0. The number of benzene rings is 1. The van der Waals surface area contributed by atoms with Gasteiger partial charge in [0.15, 0.2) is 5.13 Å². The highest BCUT2D eigenvalue weighted by Gasteiger charge is 2.10. The Morgan fingerprint density at radius 1 is 1.17 bits per heavy atom. The third-order valence-electron chi connectivity index (χ3n) is 4.06. The first-order valence-corrected chi connectivity index (χ1v) is 8.82. The van der Waals surface area contributed by atoms with Gasteiger partial charge in [0.25, 0.3) is 5.91 Å². The summed E-state index contributed by atoms with van der Waals surface area (Å²) in [6.07, 6.45) is 4.32. The van der Waals surface area contributed by atoms with E-state index in [0.29, 0.717) is 16.6 Å². The first-order chi connectivity index (χ1) is 11.7. The fraction of sp³-hybridized carbons (Fsp3) is 0.211. The van der Waals surface area contributed by atoms with Crippen LogP contribution in [0.15, 0.2) is 54.2 Å². The van der Waals surface area contributed by atoms with Gasteiger partial charge in [-0.2, -0.15) is 0 Å². The second kappa shape index (κ2) is 7.36. The highest BCUT2D eigenvalue weighted by molar-refractivity contribution is 7.14. The minimum Gasteiger partial charge on any atom is -0.298 e. The molecule has 2 aromatic heterocycles. The summed E-state index contributed by atoms with van der Waals surface area (Å²) >= 11 is 1.42. The fourth-order valence-electron chi connectivity index (χ4n) is 2.35. The Labute approximate surface area is 145 Å². The molecule has 0 aliphatic carbocycles. The van der Waals surface area contributed by atoms with E-state index in [1.807, 2.05) is 5.38 Å². The maximum absolute atomic E-state index is 12.1. The molecule has 24 heavy (non-hydrogen) atoms. The number of carbonyl (C=O) groups excluding carboxylic acids is 1. The van der Waals surface area contributed by atoms with Crippen LogP contribution in [0.3, 0.4) is 0 Å². The fourth-order valence-corrected chi connectivity index (χ4v) is 3.07. The zero-order valence-corrected chi connectivity index (χ0v) is 14.5. The van der Waals surface area contributed by atoms with Crippen LogP contribution in [0, 0.1) is 0 Å². The number of pyridine rings is 1. The van der Waals surface area contributed by atoms with Gasteiger partial charge in [0.05, 0.1) is 5.69 Å². The normalized spacial score (nSPS) is 11.9. The molecule has 0 saturated carbocycles. The van der Waals surface area contributed by atoms with Crippen molar-refractivity contribution in [3.8, 4) is 11.3 Å². The van der Waals surface area contributed by atoms with Gasteiger partial charge in [-0.05, 0) is 30.0 Å². The molecular weight excluding hydrogens is 318 g/mol. The molecule has 1 N–H and O–H groups in total. The van der Waals surface area contributed by atoms with E-state index in [1.54, 1.807) is 24.5 Å². The molecule has 0 aliphatic rings. The number of anilines is 1. The molecule has 5 heteroatoms. The smallest absolute Gasteiger partial charge is 0.257 e. The standard InChI is InChI=1S/C19H19N3OS/c1-3-13(2)14-4-6-15(7-5-14)17-12-24-19(21-17)22-18(23)16-8-10-20-11-9-16/h4-13H,3H2,1-2H3,(H,21,22,23)/t13-/m0/s1. The zero-order chi connectivity index (χ0) is 16.9. The van der Waals surface area contributed by atoms with Crippen LogP contribution in [0.5, 0.6) is 0 Å². The van der Waals surface area contributed by atoms with Gasteiger partial charge in [0, 0.05) is 28.9 Å². The predicted molar refractivity (Wildman–Crippen MR) is 98.4 cm³/mol. The Kier molecular flexibility index (Phi) is 5.01.